The minimum atomic E-state index is -0.479. The molecule has 1 aromatic rings. The molecule has 0 bridgehead atoms. The average molecular weight is 443 g/mol. The molecule has 4 rings (SSSR count). The van der Waals surface area contributed by atoms with Crippen molar-refractivity contribution in [2.24, 2.45) is 17.6 Å². The minimum absolute atomic E-state index is 0.138. The fourth-order valence-corrected chi connectivity index (χ4v) is 5.09. The molecule has 2 aliphatic heterocycles. The van der Waals surface area contributed by atoms with E-state index in [1.54, 1.807) is 19.1 Å². The van der Waals surface area contributed by atoms with E-state index in [0.29, 0.717) is 32.2 Å². The highest BCUT2D eigenvalue weighted by atomic mass is 16.5. The number of benzene rings is 1. The highest BCUT2D eigenvalue weighted by Gasteiger charge is 2.50. The van der Waals surface area contributed by atoms with Crippen molar-refractivity contribution in [2.45, 2.75) is 38.3 Å². The Balaban J connectivity index is 1.62. The summed E-state index contributed by atoms with van der Waals surface area (Å²) in [6.07, 6.45) is 2.25. The quantitative estimate of drug-likeness (QED) is 0.674. The van der Waals surface area contributed by atoms with Crippen molar-refractivity contribution in [3.63, 3.8) is 0 Å². The smallest absolute Gasteiger partial charge is 0.318 e. The molecule has 0 aromatic heterocycles. The third-order valence-corrected chi connectivity index (χ3v) is 6.61. The Kier molecular flexibility index (Phi) is 6.07. The Morgan fingerprint density at radius 1 is 1.16 bits per heavy atom. The zero-order valence-electron chi connectivity index (χ0n) is 19.4. The molecular formula is C24H34N4O4. The number of nitrogens with one attached hydrogen (secondary N) is 1. The molecule has 8 nitrogen and oxygen atoms in total. The van der Waals surface area contributed by atoms with Gasteiger partial charge in [-0.25, -0.2) is 4.79 Å². The molecule has 32 heavy (non-hydrogen) atoms. The molecule has 3 amide bonds. The number of carbonyl (C=O) groups excluding carboxylic acids is 2. The summed E-state index contributed by atoms with van der Waals surface area (Å²) >= 11 is 0. The molecule has 1 aliphatic carbocycles. The van der Waals surface area contributed by atoms with Crippen LogP contribution in [0.5, 0.6) is 5.75 Å². The van der Waals surface area contributed by atoms with E-state index in [0.717, 1.165) is 29.7 Å². The summed E-state index contributed by atoms with van der Waals surface area (Å²) < 4.78 is 10.5. The van der Waals surface area contributed by atoms with Gasteiger partial charge >= 0.3 is 6.03 Å². The van der Waals surface area contributed by atoms with Gasteiger partial charge in [0, 0.05) is 32.4 Å². The lowest BCUT2D eigenvalue weighted by molar-refractivity contribution is -0.121. The number of hydrogen-bond donors (Lipinski definition) is 2. The van der Waals surface area contributed by atoms with Crippen molar-refractivity contribution in [3.05, 3.63) is 35.5 Å². The number of urea groups is 1. The van der Waals surface area contributed by atoms with Crippen molar-refractivity contribution < 1.29 is 19.1 Å². The summed E-state index contributed by atoms with van der Waals surface area (Å²) in [5, 5.41) is 3.05. The van der Waals surface area contributed by atoms with Crippen LogP contribution in [0, 0.1) is 11.8 Å². The van der Waals surface area contributed by atoms with Gasteiger partial charge in [0.2, 0.25) is 5.91 Å². The van der Waals surface area contributed by atoms with Crippen LogP contribution >= 0.6 is 0 Å². The number of nitrogens with zero attached hydrogens (tertiary/aromatic N) is 2. The maximum Gasteiger partial charge on any atom is 0.318 e. The van der Waals surface area contributed by atoms with Crippen molar-refractivity contribution in [2.75, 3.05) is 40.5 Å². The SMILES string of the molecule is COCC(C)(C)NC(=O)N1CCN2C(C3CC3)=C(c3ccc(OC)cc3)C(C(N)=O)C2C1. The van der Waals surface area contributed by atoms with Gasteiger partial charge in [0.25, 0.3) is 0 Å². The fourth-order valence-electron chi connectivity index (χ4n) is 5.09. The van der Waals surface area contributed by atoms with Crippen LogP contribution in [0.25, 0.3) is 5.57 Å². The fraction of sp³-hybridized carbons (Fsp3) is 0.583. The van der Waals surface area contributed by atoms with E-state index < -0.39 is 11.5 Å². The monoisotopic (exact) mass is 442 g/mol. The number of fused-ring (bicyclic) bond motifs is 1. The van der Waals surface area contributed by atoms with Gasteiger partial charge in [-0.1, -0.05) is 12.1 Å². The zero-order chi connectivity index (χ0) is 23.0. The molecular weight excluding hydrogens is 408 g/mol. The predicted molar refractivity (Wildman–Crippen MR) is 122 cm³/mol. The van der Waals surface area contributed by atoms with E-state index in [9.17, 15) is 9.59 Å². The van der Waals surface area contributed by atoms with E-state index >= 15 is 0 Å². The number of rotatable bonds is 7. The van der Waals surface area contributed by atoms with Gasteiger partial charge in [0.1, 0.15) is 5.75 Å². The molecule has 174 valence electrons. The predicted octanol–water partition coefficient (Wildman–Crippen LogP) is 2.05. The summed E-state index contributed by atoms with van der Waals surface area (Å²) in [4.78, 5) is 29.9. The van der Waals surface area contributed by atoms with Crippen LogP contribution in [-0.4, -0.2) is 73.8 Å². The number of primary amides is 1. The molecule has 2 atom stereocenters. The number of amides is 3. The molecule has 3 N–H and O–H groups in total. The first-order valence-corrected chi connectivity index (χ1v) is 11.3. The Morgan fingerprint density at radius 3 is 2.41 bits per heavy atom. The van der Waals surface area contributed by atoms with Gasteiger partial charge in [-0.3, -0.25) is 4.79 Å². The molecule has 2 heterocycles. The van der Waals surface area contributed by atoms with Crippen molar-refractivity contribution in [1.29, 1.82) is 0 Å². The highest BCUT2D eigenvalue weighted by Crippen LogP contribution is 2.51. The molecule has 3 aliphatic rings. The number of piperazine rings is 1. The molecule has 8 heteroatoms. The van der Waals surface area contributed by atoms with E-state index in [-0.39, 0.29) is 18.0 Å². The van der Waals surface area contributed by atoms with Crippen LogP contribution in [0.4, 0.5) is 4.79 Å². The Morgan fingerprint density at radius 2 is 1.84 bits per heavy atom. The van der Waals surface area contributed by atoms with Crippen LogP contribution in [0.2, 0.25) is 0 Å². The van der Waals surface area contributed by atoms with Crippen molar-refractivity contribution >= 4 is 17.5 Å². The molecule has 2 fully saturated rings. The first-order chi connectivity index (χ1) is 15.3. The minimum Gasteiger partial charge on any atom is -0.497 e. The molecule has 0 radical (unpaired) electrons. The number of carbonyl (C=O) groups is 2. The molecule has 2 unspecified atom stereocenters. The Hall–Kier alpha value is -2.74. The maximum atomic E-state index is 13.0. The van der Waals surface area contributed by atoms with E-state index in [1.807, 2.05) is 38.1 Å². The standard InChI is InChI=1S/C24H34N4O4/c1-24(2,14-31-3)26-23(30)27-11-12-28-18(13-27)20(22(25)29)19(21(28)16-5-6-16)15-7-9-17(32-4)10-8-15/h7-10,16,18,20H,5-6,11-14H2,1-4H3,(H2,25,29)(H,26,30). The number of ether oxygens (including phenoxy) is 2. The van der Waals surface area contributed by atoms with Gasteiger partial charge in [0.05, 0.1) is 31.2 Å². The third-order valence-electron chi connectivity index (χ3n) is 6.61. The molecule has 1 aromatic carbocycles. The lowest BCUT2D eigenvalue weighted by Crippen LogP contribution is -2.60. The topological polar surface area (TPSA) is 97.1 Å². The number of nitrogens with two attached hydrogens (primary N) is 1. The van der Waals surface area contributed by atoms with Gasteiger partial charge in [0.15, 0.2) is 0 Å². The second kappa shape index (κ2) is 8.65. The summed E-state index contributed by atoms with van der Waals surface area (Å²) in [5.41, 5.74) is 8.76. The zero-order valence-corrected chi connectivity index (χ0v) is 19.4. The van der Waals surface area contributed by atoms with E-state index in [2.05, 4.69) is 10.2 Å². The number of allylic oxidation sites excluding steroid dienone is 1. The van der Waals surface area contributed by atoms with Crippen molar-refractivity contribution in [1.82, 2.24) is 15.1 Å². The largest absolute Gasteiger partial charge is 0.497 e. The van der Waals surface area contributed by atoms with E-state index in [4.69, 9.17) is 15.2 Å². The lowest BCUT2D eigenvalue weighted by atomic mass is 9.87. The van der Waals surface area contributed by atoms with Crippen LogP contribution in [-0.2, 0) is 9.53 Å². The number of methoxy groups -OCH3 is 2. The average Bonchev–Trinajstić information content (AvgIpc) is 3.53. The van der Waals surface area contributed by atoms with Gasteiger partial charge in [-0.15, -0.1) is 0 Å². The molecule has 1 saturated heterocycles. The molecule has 1 saturated carbocycles. The van der Waals surface area contributed by atoms with Crippen LogP contribution < -0.4 is 15.8 Å². The summed E-state index contributed by atoms with van der Waals surface area (Å²) in [6, 6.07) is 7.55. The summed E-state index contributed by atoms with van der Waals surface area (Å²) in [5.74, 6) is 0.431. The molecule has 0 spiro atoms. The summed E-state index contributed by atoms with van der Waals surface area (Å²) in [7, 11) is 3.26. The van der Waals surface area contributed by atoms with Crippen molar-refractivity contribution in [3.8, 4) is 5.75 Å². The van der Waals surface area contributed by atoms with Gasteiger partial charge in [-0.2, -0.15) is 0 Å². The highest BCUT2D eigenvalue weighted by molar-refractivity contribution is 5.94. The van der Waals surface area contributed by atoms with E-state index in [1.165, 1.54) is 5.70 Å². The third kappa shape index (κ3) is 4.28. The van der Waals surface area contributed by atoms with Gasteiger partial charge < -0.3 is 30.3 Å². The Bertz CT molecular complexity index is 907. The summed E-state index contributed by atoms with van der Waals surface area (Å²) in [6.45, 7) is 6.03. The second-order valence-electron chi connectivity index (χ2n) is 9.64. The lowest BCUT2D eigenvalue weighted by Gasteiger charge is -2.42. The normalized spacial score (nSPS) is 23.2. The van der Waals surface area contributed by atoms with Gasteiger partial charge in [-0.05, 0) is 55.9 Å². The maximum absolute atomic E-state index is 13.0. The Labute approximate surface area is 189 Å². The first kappa shape index (κ1) is 22.5. The van der Waals surface area contributed by atoms with Crippen LogP contribution in [0.15, 0.2) is 30.0 Å². The second-order valence-corrected chi connectivity index (χ2v) is 9.64. The van der Waals surface area contributed by atoms with Crippen LogP contribution in [0.1, 0.15) is 32.3 Å². The first-order valence-electron chi connectivity index (χ1n) is 11.3. The number of hydrogen-bond acceptors (Lipinski definition) is 5. The van der Waals surface area contributed by atoms with Crippen LogP contribution in [0.3, 0.4) is 0 Å².